The predicted octanol–water partition coefficient (Wildman–Crippen LogP) is 1.23. The number of rotatable bonds is 3. The van der Waals surface area contributed by atoms with Crippen LogP contribution in [0.3, 0.4) is 0 Å². The summed E-state index contributed by atoms with van der Waals surface area (Å²) < 4.78 is 1.41. The first-order chi connectivity index (χ1) is 8.99. The quantitative estimate of drug-likeness (QED) is 0.865. The molecule has 0 spiro atoms. The minimum atomic E-state index is -1.12. The highest BCUT2D eigenvalue weighted by Crippen LogP contribution is 2.16. The lowest BCUT2D eigenvalue weighted by Crippen LogP contribution is -2.07. The van der Waals surface area contributed by atoms with Crippen LogP contribution in [0.2, 0.25) is 0 Å². The summed E-state index contributed by atoms with van der Waals surface area (Å²) in [6.07, 6.45) is 0. The molecule has 0 atom stereocenters. The topological polar surface area (TPSA) is 97.1 Å². The molecule has 98 valence electrons. The number of amides is 1. The SMILES string of the molecule is CC(=O)Nc1cccc(-n2nnc(C(=O)O)c2C)c1. The Morgan fingerprint density at radius 1 is 1.37 bits per heavy atom. The van der Waals surface area contributed by atoms with Crippen molar-refractivity contribution < 1.29 is 14.7 Å². The van der Waals surface area contributed by atoms with Crippen LogP contribution in [0.5, 0.6) is 0 Å². The van der Waals surface area contributed by atoms with Crippen LogP contribution in [0, 0.1) is 6.92 Å². The highest BCUT2D eigenvalue weighted by molar-refractivity contribution is 5.89. The number of carboxylic acids is 1. The third-order valence-corrected chi connectivity index (χ3v) is 2.51. The standard InChI is InChI=1S/C12H12N4O3/c1-7-11(12(18)19)14-15-16(7)10-5-3-4-9(6-10)13-8(2)17/h3-6H,1-2H3,(H,13,17)(H,18,19). The fraction of sp³-hybridized carbons (Fsp3) is 0.167. The van der Waals surface area contributed by atoms with Crippen LogP contribution >= 0.6 is 0 Å². The average Bonchev–Trinajstić information content (AvgIpc) is 2.70. The van der Waals surface area contributed by atoms with Crippen molar-refractivity contribution in [1.82, 2.24) is 15.0 Å². The molecular formula is C12H12N4O3. The zero-order valence-electron chi connectivity index (χ0n) is 10.4. The number of anilines is 1. The molecule has 0 bridgehead atoms. The van der Waals surface area contributed by atoms with Crippen LogP contribution in [-0.2, 0) is 4.79 Å². The summed E-state index contributed by atoms with van der Waals surface area (Å²) in [4.78, 5) is 21.9. The number of hydrogen-bond donors (Lipinski definition) is 2. The van der Waals surface area contributed by atoms with Gasteiger partial charge in [-0.1, -0.05) is 11.3 Å². The van der Waals surface area contributed by atoms with E-state index in [4.69, 9.17) is 5.11 Å². The molecule has 7 nitrogen and oxygen atoms in total. The van der Waals surface area contributed by atoms with Crippen molar-refractivity contribution in [2.75, 3.05) is 5.32 Å². The van der Waals surface area contributed by atoms with Crippen molar-refractivity contribution in [3.8, 4) is 5.69 Å². The van der Waals surface area contributed by atoms with Crippen molar-refractivity contribution in [1.29, 1.82) is 0 Å². The maximum Gasteiger partial charge on any atom is 0.358 e. The molecule has 0 radical (unpaired) electrons. The van der Waals surface area contributed by atoms with E-state index in [1.165, 1.54) is 11.6 Å². The normalized spacial score (nSPS) is 10.2. The van der Waals surface area contributed by atoms with E-state index < -0.39 is 5.97 Å². The van der Waals surface area contributed by atoms with Gasteiger partial charge in [0.15, 0.2) is 5.69 Å². The van der Waals surface area contributed by atoms with Crippen molar-refractivity contribution in [2.24, 2.45) is 0 Å². The van der Waals surface area contributed by atoms with E-state index in [0.29, 0.717) is 17.1 Å². The van der Waals surface area contributed by atoms with Crippen LogP contribution in [0.25, 0.3) is 5.69 Å². The van der Waals surface area contributed by atoms with Gasteiger partial charge in [0.2, 0.25) is 5.91 Å². The molecule has 2 aromatic rings. The molecule has 0 aliphatic heterocycles. The number of aromatic nitrogens is 3. The number of hydrogen-bond acceptors (Lipinski definition) is 4. The van der Waals surface area contributed by atoms with Gasteiger partial charge < -0.3 is 10.4 Å². The molecule has 1 amide bonds. The van der Waals surface area contributed by atoms with Crippen LogP contribution in [0.1, 0.15) is 23.1 Å². The van der Waals surface area contributed by atoms with E-state index in [1.54, 1.807) is 31.2 Å². The van der Waals surface area contributed by atoms with Crippen molar-refractivity contribution in [2.45, 2.75) is 13.8 Å². The Balaban J connectivity index is 2.42. The fourth-order valence-corrected chi connectivity index (χ4v) is 1.69. The van der Waals surface area contributed by atoms with Gasteiger partial charge >= 0.3 is 5.97 Å². The molecule has 0 unspecified atom stereocenters. The maximum absolute atomic E-state index is 11.0. The lowest BCUT2D eigenvalue weighted by molar-refractivity contribution is -0.114. The smallest absolute Gasteiger partial charge is 0.358 e. The summed E-state index contributed by atoms with van der Waals surface area (Å²) in [5, 5.41) is 19.0. The first-order valence-electron chi connectivity index (χ1n) is 5.52. The summed E-state index contributed by atoms with van der Waals surface area (Å²) in [6, 6.07) is 6.91. The third-order valence-electron chi connectivity index (χ3n) is 2.51. The number of carboxylic acid groups (broad SMARTS) is 1. The fourth-order valence-electron chi connectivity index (χ4n) is 1.69. The van der Waals surface area contributed by atoms with E-state index in [2.05, 4.69) is 15.6 Å². The van der Waals surface area contributed by atoms with E-state index >= 15 is 0 Å². The lowest BCUT2D eigenvalue weighted by atomic mass is 10.2. The minimum absolute atomic E-state index is 0.0927. The first-order valence-corrected chi connectivity index (χ1v) is 5.52. The Bertz CT molecular complexity index is 648. The molecular weight excluding hydrogens is 248 g/mol. The van der Waals surface area contributed by atoms with Crippen molar-refractivity contribution in [3.05, 3.63) is 35.7 Å². The molecule has 0 saturated carbocycles. The van der Waals surface area contributed by atoms with Crippen LogP contribution < -0.4 is 5.32 Å². The van der Waals surface area contributed by atoms with Gasteiger partial charge in [-0.2, -0.15) is 0 Å². The van der Waals surface area contributed by atoms with E-state index in [1.807, 2.05) is 0 Å². The van der Waals surface area contributed by atoms with Gasteiger partial charge in [-0.05, 0) is 25.1 Å². The van der Waals surface area contributed by atoms with Crippen LogP contribution in [0.4, 0.5) is 5.69 Å². The number of nitrogens with one attached hydrogen (secondary N) is 1. The van der Waals surface area contributed by atoms with Crippen molar-refractivity contribution >= 4 is 17.6 Å². The number of aromatic carboxylic acids is 1. The highest BCUT2D eigenvalue weighted by Gasteiger charge is 2.16. The molecule has 0 aliphatic carbocycles. The Kier molecular flexibility index (Phi) is 3.28. The maximum atomic E-state index is 11.0. The molecule has 19 heavy (non-hydrogen) atoms. The molecule has 0 fully saturated rings. The van der Waals surface area contributed by atoms with Crippen molar-refractivity contribution in [3.63, 3.8) is 0 Å². The van der Waals surface area contributed by atoms with Gasteiger partial charge in [0, 0.05) is 12.6 Å². The third kappa shape index (κ3) is 2.59. The summed E-state index contributed by atoms with van der Waals surface area (Å²) in [7, 11) is 0. The number of benzene rings is 1. The van der Waals surface area contributed by atoms with Gasteiger partial charge in [-0.15, -0.1) is 5.10 Å². The summed E-state index contributed by atoms with van der Waals surface area (Å²) in [5.41, 5.74) is 1.57. The minimum Gasteiger partial charge on any atom is -0.476 e. The van der Waals surface area contributed by atoms with Gasteiger partial charge in [-0.3, -0.25) is 4.79 Å². The summed E-state index contributed by atoms with van der Waals surface area (Å²) in [5.74, 6) is -1.31. The molecule has 1 aromatic heterocycles. The second-order valence-electron chi connectivity index (χ2n) is 3.97. The number of carbonyl (C=O) groups excluding carboxylic acids is 1. The van der Waals surface area contributed by atoms with Gasteiger partial charge in [0.25, 0.3) is 0 Å². The zero-order valence-corrected chi connectivity index (χ0v) is 10.4. The van der Waals surface area contributed by atoms with Gasteiger partial charge in [0.1, 0.15) is 0 Å². The second kappa shape index (κ2) is 4.89. The lowest BCUT2D eigenvalue weighted by Gasteiger charge is -2.06. The largest absolute Gasteiger partial charge is 0.476 e. The van der Waals surface area contributed by atoms with Crippen LogP contribution in [0.15, 0.2) is 24.3 Å². The molecule has 1 aromatic carbocycles. The Hall–Kier alpha value is -2.70. The molecule has 2 rings (SSSR count). The Morgan fingerprint density at radius 3 is 2.68 bits per heavy atom. The average molecular weight is 260 g/mol. The number of nitrogens with zero attached hydrogens (tertiary/aromatic N) is 3. The highest BCUT2D eigenvalue weighted by atomic mass is 16.4. The van der Waals surface area contributed by atoms with E-state index in [0.717, 1.165) is 0 Å². The van der Waals surface area contributed by atoms with Gasteiger partial charge in [0.05, 0.1) is 11.4 Å². The van der Waals surface area contributed by atoms with Crippen LogP contribution in [-0.4, -0.2) is 32.0 Å². The van der Waals surface area contributed by atoms with Gasteiger partial charge in [-0.25, -0.2) is 9.48 Å². The second-order valence-corrected chi connectivity index (χ2v) is 3.97. The molecule has 0 aliphatic rings. The first kappa shape index (κ1) is 12.7. The Labute approximate surface area is 108 Å². The monoisotopic (exact) mass is 260 g/mol. The molecule has 2 N–H and O–H groups in total. The summed E-state index contributed by atoms with van der Waals surface area (Å²) in [6.45, 7) is 3.03. The van der Waals surface area contributed by atoms with E-state index in [9.17, 15) is 9.59 Å². The zero-order chi connectivity index (χ0) is 14.0. The molecule has 1 heterocycles. The van der Waals surface area contributed by atoms with E-state index in [-0.39, 0.29) is 11.6 Å². The summed E-state index contributed by atoms with van der Waals surface area (Å²) >= 11 is 0. The molecule has 0 saturated heterocycles. The Morgan fingerprint density at radius 2 is 2.11 bits per heavy atom. The number of carbonyl (C=O) groups is 2. The molecule has 7 heteroatoms. The predicted molar refractivity (Wildman–Crippen MR) is 67.4 cm³/mol.